The van der Waals surface area contributed by atoms with Crippen molar-refractivity contribution in [3.8, 4) is 0 Å². The molecule has 2 aromatic rings. The first-order valence-electron chi connectivity index (χ1n) is 7.10. The highest BCUT2D eigenvalue weighted by Gasteiger charge is 2.04. The van der Waals surface area contributed by atoms with Gasteiger partial charge in [0.15, 0.2) is 0 Å². The third-order valence-electron chi connectivity index (χ3n) is 3.45. The molecule has 0 heterocycles. The molecule has 1 nitrogen and oxygen atoms in total. The lowest BCUT2D eigenvalue weighted by molar-refractivity contribution is 0.152. The maximum Gasteiger partial charge on any atom is 0.0543 e. The highest BCUT2D eigenvalue weighted by atomic mass is 16.3. The summed E-state index contributed by atoms with van der Waals surface area (Å²) >= 11 is 0. The molecule has 1 N–H and O–H groups in total. The van der Waals surface area contributed by atoms with Crippen molar-refractivity contribution in [2.24, 2.45) is 0 Å². The van der Waals surface area contributed by atoms with E-state index in [4.69, 9.17) is 0 Å². The molecule has 19 heavy (non-hydrogen) atoms. The van der Waals surface area contributed by atoms with Crippen molar-refractivity contribution in [3.05, 3.63) is 71.8 Å². The number of benzene rings is 2. The Morgan fingerprint density at radius 2 is 1.21 bits per heavy atom. The molecular weight excluding hydrogens is 232 g/mol. The largest absolute Gasteiger partial charge is 0.393 e. The van der Waals surface area contributed by atoms with Crippen LogP contribution in [0.4, 0.5) is 0 Å². The summed E-state index contributed by atoms with van der Waals surface area (Å²) < 4.78 is 0. The lowest BCUT2D eigenvalue weighted by atomic mass is 10.0. The average molecular weight is 254 g/mol. The molecule has 100 valence electrons. The van der Waals surface area contributed by atoms with E-state index in [1.54, 1.807) is 0 Å². The summed E-state index contributed by atoms with van der Waals surface area (Å²) in [5.74, 6) is 0. The molecule has 0 aromatic heterocycles. The fraction of sp³-hybridized carbons (Fsp3) is 0.333. The molecule has 1 atom stereocenters. The lowest BCUT2D eigenvalue weighted by Gasteiger charge is -2.10. The zero-order valence-corrected chi connectivity index (χ0v) is 11.3. The zero-order chi connectivity index (χ0) is 13.3. The molecule has 0 saturated carbocycles. The van der Waals surface area contributed by atoms with E-state index >= 15 is 0 Å². The number of aliphatic hydroxyl groups excluding tert-OH is 1. The Morgan fingerprint density at radius 1 is 0.684 bits per heavy atom. The fourth-order valence-electron chi connectivity index (χ4n) is 2.31. The minimum atomic E-state index is -0.177. The summed E-state index contributed by atoms with van der Waals surface area (Å²) in [4.78, 5) is 0. The van der Waals surface area contributed by atoms with E-state index in [-0.39, 0.29) is 6.10 Å². The predicted octanol–water partition coefficient (Wildman–Crippen LogP) is 4.00. The minimum absolute atomic E-state index is 0.177. The Morgan fingerprint density at radius 3 is 1.79 bits per heavy atom. The molecule has 0 aliphatic heterocycles. The maximum atomic E-state index is 9.99. The molecule has 0 radical (unpaired) electrons. The second kappa shape index (κ2) is 7.75. The molecule has 0 bridgehead atoms. The van der Waals surface area contributed by atoms with Gasteiger partial charge in [0.05, 0.1) is 6.10 Å². The molecule has 0 saturated heterocycles. The molecule has 0 aliphatic rings. The smallest absolute Gasteiger partial charge is 0.0543 e. The van der Waals surface area contributed by atoms with Crippen molar-refractivity contribution < 1.29 is 5.11 Å². The molecular formula is C18H22O. The SMILES string of the molecule is OC(CCCc1ccccc1)CCc1ccccc1. The molecule has 0 amide bonds. The third-order valence-corrected chi connectivity index (χ3v) is 3.45. The van der Waals surface area contributed by atoms with Gasteiger partial charge < -0.3 is 5.11 Å². The number of rotatable bonds is 7. The van der Waals surface area contributed by atoms with Crippen LogP contribution in [0.1, 0.15) is 30.4 Å². The number of aryl methyl sites for hydroxylation is 2. The summed E-state index contributed by atoms with van der Waals surface area (Å²) in [6, 6.07) is 20.9. The maximum absolute atomic E-state index is 9.99. The standard InChI is InChI=1S/C18H22O/c19-18(15-14-17-10-5-2-6-11-17)13-7-12-16-8-3-1-4-9-16/h1-6,8-11,18-19H,7,12-15H2. The van der Waals surface area contributed by atoms with Gasteiger partial charge in [-0.2, -0.15) is 0 Å². The monoisotopic (exact) mass is 254 g/mol. The Balaban J connectivity index is 1.64. The first-order valence-corrected chi connectivity index (χ1v) is 7.10. The lowest BCUT2D eigenvalue weighted by Crippen LogP contribution is -2.08. The van der Waals surface area contributed by atoms with Crippen LogP contribution in [0, 0.1) is 0 Å². The van der Waals surface area contributed by atoms with E-state index in [2.05, 4.69) is 48.5 Å². The summed E-state index contributed by atoms with van der Waals surface area (Å²) in [5, 5.41) is 9.99. The Bertz CT molecular complexity index is 450. The van der Waals surface area contributed by atoms with Crippen LogP contribution >= 0.6 is 0 Å². The van der Waals surface area contributed by atoms with E-state index in [9.17, 15) is 5.11 Å². The van der Waals surface area contributed by atoms with Crippen molar-refractivity contribution in [2.45, 2.75) is 38.2 Å². The van der Waals surface area contributed by atoms with Crippen LogP contribution in [0.15, 0.2) is 60.7 Å². The van der Waals surface area contributed by atoms with E-state index < -0.39 is 0 Å². The van der Waals surface area contributed by atoms with Crippen molar-refractivity contribution in [3.63, 3.8) is 0 Å². The van der Waals surface area contributed by atoms with Gasteiger partial charge in [-0.15, -0.1) is 0 Å². The molecule has 1 unspecified atom stereocenters. The van der Waals surface area contributed by atoms with Gasteiger partial charge >= 0.3 is 0 Å². The van der Waals surface area contributed by atoms with E-state index in [1.807, 2.05) is 12.1 Å². The van der Waals surface area contributed by atoms with Crippen molar-refractivity contribution in [1.82, 2.24) is 0 Å². The summed E-state index contributed by atoms with van der Waals surface area (Å²) in [6.07, 6.45) is 4.65. The van der Waals surface area contributed by atoms with Crippen LogP contribution in [0.5, 0.6) is 0 Å². The van der Waals surface area contributed by atoms with Crippen LogP contribution in [0.25, 0.3) is 0 Å². The topological polar surface area (TPSA) is 20.2 Å². The first-order chi connectivity index (χ1) is 9.34. The molecule has 0 fully saturated rings. The number of aliphatic hydroxyl groups is 1. The number of hydrogen-bond acceptors (Lipinski definition) is 1. The second-order valence-electron chi connectivity index (χ2n) is 5.06. The van der Waals surface area contributed by atoms with Gasteiger partial charge in [0.2, 0.25) is 0 Å². The summed E-state index contributed by atoms with van der Waals surface area (Å²) in [5.41, 5.74) is 2.67. The zero-order valence-electron chi connectivity index (χ0n) is 11.3. The number of hydrogen-bond donors (Lipinski definition) is 1. The average Bonchev–Trinajstić information content (AvgIpc) is 2.47. The normalized spacial score (nSPS) is 12.3. The Hall–Kier alpha value is -1.60. The van der Waals surface area contributed by atoms with Crippen LogP contribution in [0.3, 0.4) is 0 Å². The third kappa shape index (κ3) is 5.27. The van der Waals surface area contributed by atoms with Gasteiger partial charge in [0.1, 0.15) is 0 Å². The second-order valence-corrected chi connectivity index (χ2v) is 5.06. The van der Waals surface area contributed by atoms with Crippen molar-refractivity contribution >= 4 is 0 Å². The molecule has 2 aromatic carbocycles. The van der Waals surface area contributed by atoms with Crippen molar-refractivity contribution in [1.29, 1.82) is 0 Å². The van der Waals surface area contributed by atoms with E-state index in [0.717, 1.165) is 32.1 Å². The Labute approximate surface area is 115 Å². The van der Waals surface area contributed by atoms with Crippen molar-refractivity contribution in [2.75, 3.05) is 0 Å². The van der Waals surface area contributed by atoms with Gasteiger partial charge in [-0.1, -0.05) is 60.7 Å². The molecule has 1 heteroatoms. The van der Waals surface area contributed by atoms with Gasteiger partial charge in [0.25, 0.3) is 0 Å². The molecule has 0 spiro atoms. The summed E-state index contributed by atoms with van der Waals surface area (Å²) in [7, 11) is 0. The highest BCUT2D eigenvalue weighted by molar-refractivity contribution is 5.15. The molecule has 0 aliphatic carbocycles. The van der Waals surface area contributed by atoms with Crippen LogP contribution in [-0.2, 0) is 12.8 Å². The van der Waals surface area contributed by atoms with Crippen LogP contribution in [0.2, 0.25) is 0 Å². The Kier molecular flexibility index (Phi) is 5.64. The van der Waals surface area contributed by atoms with Gasteiger partial charge in [-0.05, 0) is 43.2 Å². The fourth-order valence-corrected chi connectivity index (χ4v) is 2.31. The first kappa shape index (κ1) is 13.8. The summed E-state index contributed by atoms with van der Waals surface area (Å²) in [6.45, 7) is 0. The highest BCUT2D eigenvalue weighted by Crippen LogP contribution is 2.11. The predicted molar refractivity (Wildman–Crippen MR) is 80.1 cm³/mol. The quantitative estimate of drug-likeness (QED) is 0.791. The van der Waals surface area contributed by atoms with Gasteiger partial charge in [0, 0.05) is 0 Å². The van der Waals surface area contributed by atoms with E-state index in [1.165, 1.54) is 11.1 Å². The van der Waals surface area contributed by atoms with Gasteiger partial charge in [-0.3, -0.25) is 0 Å². The van der Waals surface area contributed by atoms with Crippen LogP contribution < -0.4 is 0 Å². The van der Waals surface area contributed by atoms with Gasteiger partial charge in [-0.25, -0.2) is 0 Å². The van der Waals surface area contributed by atoms with E-state index in [0.29, 0.717) is 0 Å². The minimum Gasteiger partial charge on any atom is -0.393 e. The molecule has 2 rings (SSSR count). The van der Waals surface area contributed by atoms with Crippen LogP contribution in [-0.4, -0.2) is 11.2 Å².